The van der Waals surface area contributed by atoms with E-state index in [1.54, 1.807) is 0 Å². The summed E-state index contributed by atoms with van der Waals surface area (Å²) in [5.74, 6) is 1.08. The predicted molar refractivity (Wildman–Crippen MR) is 112 cm³/mol. The number of nitrogens with zero attached hydrogens (tertiary/aromatic N) is 4. The second kappa shape index (κ2) is 8.90. The first-order valence-electron chi connectivity index (χ1n) is 10.2. The van der Waals surface area contributed by atoms with Crippen molar-refractivity contribution in [1.29, 1.82) is 0 Å². The van der Waals surface area contributed by atoms with Crippen LogP contribution in [0.1, 0.15) is 31.4 Å². The molecule has 6 nitrogen and oxygen atoms in total. The summed E-state index contributed by atoms with van der Waals surface area (Å²) in [7, 11) is 0. The van der Waals surface area contributed by atoms with E-state index in [-0.39, 0.29) is 11.9 Å². The summed E-state index contributed by atoms with van der Waals surface area (Å²) in [5, 5.41) is 8.51. The van der Waals surface area contributed by atoms with Gasteiger partial charge in [0, 0.05) is 25.1 Å². The number of hydrogen-bond donors (Lipinski definition) is 0. The van der Waals surface area contributed by atoms with Crippen LogP contribution < -0.4 is 4.74 Å². The van der Waals surface area contributed by atoms with Crippen LogP contribution in [-0.4, -0.2) is 45.5 Å². The third kappa shape index (κ3) is 4.65. The maximum absolute atomic E-state index is 12.5. The number of aromatic nitrogens is 3. The normalized spacial score (nSPS) is 13.9. The molecule has 1 amide bonds. The van der Waals surface area contributed by atoms with Crippen LogP contribution in [0.15, 0.2) is 60.8 Å². The van der Waals surface area contributed by atoms with E-state index in [1.165, 1.54) is 0 Å². The number of carbonyl (C=O) groups is 1. The van der Waals surface area contributed by atoms with Crippen molar-refractivity contribution in [2.75, 3.05) is 19.7 Å². The van der Waals surface area contributed by atoms with Crippen molar-refractivity contribution in [2.45, 2.75) is 32.2 Å². The van der Waals surface area contributed by atoms with E-state index in [1.807, 2.05) is 70.4 Å². The summed E-state index contributed by atoms with van der Waals surface area (Å²) in [6.07, 6.45) is 4.23. The second-order valence-corrected chi connectivity index (χ2v) is 7.39. The fourth-order valence-corrected chi connectivity index (χ4v) is 3.40. The first kappa shape index (κ1) is 19.2. The largest absolute Gasteiger partial charge is 0.494 e. The highest BCUT2D eigenvalue weighted by molar-refractivity contribution is 5.77. The van der Waals surface area contributed by atoms with Crippen LogP contribution >= 0.6 is 0 Å². The predicted octanol–water partition coefficient (Wildman–Crippen LogP) is 3.75. The molecule has 29 heavy (non-hydrogen) atoms. The third-order valence-corrected chi connectivity index (χ3v) is 5.19. The lowest BCUT2D eigenvalue weighted by atomic mass is 10.1. The SMILES string of the molecule is CCCOc1ccc(CCC(=O)N2CC(n3cc(-c4ccccc4)nn3)C2)cc1. The maximum atomic E-state index is 12.5. The van der Waals surface area contributed by atoms with E-state index >= 15 is 0 Å². The molecule has 4 rings (SSSR count). The van der Waals surface area contributed by atoms with E-state index in [0.717, 1.165) is 42.0 Å². The van der Waals surface area contributed by atoms with Crippen molar-refractivity contribution in [1.82, 2.24) is 19.9 Å². The highest BCUT2D eigenvalue weighted by atomic mass is 16.5. The molecular weight excluding hydrogens is 364 g/mol. The van der Waals surface area contributed by atoms with Gasteiger partial charge in [0.15, 0.2) is 0 Å². The zero-order valence-corrected chi connectivity index (χ0v) is 16.7. The average Bonchev–Trinajstić information content (AvgIpc) is 3.21. The van der Waals surface area contributed by atoms with Gasteiger partial charge in [-0.15, -0.1) is 5.10 Å². The Morgan fingerprint density at radius 3 is 2.59 bits per heavy atom. The molecule has 0 spiro atoms. The van der Waals surface area contributed by atoms with Gasteiger partial charge < -0.3 is 9.64 Å². The number of rotatable bonds is 8. The fourth-order valence-electron chi connectivity index (χ4n) is 3.40. The molecule has 2 aromatic carbocycles. The number of amides is 1. The summed E-state index contributed by atoms with van der Waals surface area (Å²) in [6, 6.07) is 18.2. The second-order valence-electron chi connectivity index (χ2n) is 7.39. The summed E-state index contributed by atoms with van der Waals surface area (Å²) in [4.78, 5) is 14.4. The molecule has 0 saturated carbocycles. The van der Waals surface area contributed by atoms with Gasteiger partial charge in [-0.1, -0.05) is 54.6 Å². The van der Waals surface area contributed by atoms with E-state index in [4.69, 9.17) is 4.74 Å². The lowest BCUT2D eigenvalue weighted by Gasteiger charge is -2.39. The Morgan fingerprint density at radius 2 is 1.86 bits per heavy atom. The van der Waals surface area contributed by atoms with Gasteiger partial charge in [-0.05, 0) is 30.5 Å². The van der Waals surface area contributed by atoms with E-state index in [9.17, 15) is 4.79 Å². The lowest BCUT2D eigenvalue weighted by molar-refractivity contribution is -0.137. The van der Waals surface area contributed by atoms with Crippen molar-refractivity contribution < 1.29 is 9.53 Å². The molecule has 1 aromatic heterocycles. The van der Waals surface area contributed by atoms with Crippen molar-refractivity contribution in [3.8, 4) is 17.0 Å². The van der Waals surface area contributed by atoms with Crippen LogP contribution in [0.4, 0.5) is 0 Å². The molecule has 2 heterocycles. The molecule has 1 fully saturated rings. The Bertz CT molecular complexity index is 931. The Labute approximate surface area is 171 Å². The Kier molecular flexibility index (Phi) is 5.89. The van der Waals surface area contributed by atoms with Crippen molar-refractivity contribution >= 4 is 5.91 Å². The van der Waals surface area contributed by atoms with Gasteiger partial charge in [-0.3, -0.25) is 4.79 Å². The molecule has 0 atom stereocenters. The number of likely N-dealkylation sites (tertiary alicyclic amines) is 1. The quantitative estimate of drug-likeness (QED) is 0.588. The van der Waals surface area contributed by atoms with Crippen LogP contribution in [0, 0.1) is 0 Å². The molecule has 0 aliphatic carbocycles. The van der Waals surface area contributed by atoms with Crippen molar-refractivity contribution in [3.63, 3.8) is 0 Å². The Morgan fingerprint density at radius 1 is 1.10 bits per heavy atom. The minimum atomic E-state index is 0.191. The van der Waals surface area contributed by atoms with Crippen molar-refractivity contribution in [2.24, 2.45) is 0 Å². The highest BCUT2D eigenvalue weighted by Gasteiger charge is 2.32. The van der Waals surface area contributed by atoms with E-state index < -0.39 is 0 Å². The number of aryl methyl sites for hydroxylation is 1. The molecule has 3 aromatic rings. The Balaban J connectivity index is 1.24. The molecule has 0 unspecified atom stereocenters. The van der Waals surface area contributed by atoms with Gasteiger partial charge in [-0.2, -0.15) is 0 Å². The molecule has 150 valence electrons. The maximum Gasteiger partial charge on any atom is 0.223 e. The van der Waals surface area contributed by atoms with E-state index in [2.05, 4.69) is 17.2 Å². The zero-order chi connectivity index (χ0) is 20.1. The highest BCUT2D eigenvalue weighted by Crippen LogP contribution is 2.24. The molecule has 1 saturated heterocycles. The monoisotopic (exact) mass is 390 g/mol. The van der Waals surface area contributed by atoms with E-state index in [0.29, 0.717) is 19.5 Å². The van der Waals surface area contributed by atoms with Crippen LogP contribution in [0.2, 0.25) is 0 Å². The molecule has 0 bridgehead atoms. The lowest BCUT2D eigenvalue weighted by Crippen LogP contribution is -2.50. The minimum Gasteiger partial charge on any atom is -0.494 e. The molecular formula is C23H26N4O2. The molecule has 6 heteroatoms. The molecule has 0 N–H and O–H groups in total. The smallest absolute Gasteiger partial charge is 0.223 e. The van der Waals surface area contributed by atoms with Crippen LogP contribution in [-0.2, 0) is 11.2 Å². The number of carbonyl (C=O) groups excluding carboxylic acids is 1. The van der Waals surface area contributed by atoms with Gasteiger partial charge >= 0.3 is 0 Å². The summed E-state index contributed by atoms with van der Waals surface area (Å²) >= 11 is 0. The van der Waals surface area contributed by atoms with Crippen LogP contribution in [0.25, 0.3) is 11.3 Å². The minimum absolute atomic E-state index is 0.191. The van der Waals surface area contributed by atoms with Gasteiger partial charge in [-0.25, -0.2) is 4.68 Å². The van der Waals surface area contributed by atoms with Gasteiger partial charge in [0.25, 0.3) is 0 Å². The number of hydrogen-bond acceptors (Lipinski definition) is 4. The van der Waals surface area contributed by atoms with Crippen LogP contribution in [0.5, 0.6) is 5.75 Å². The molecule has 0 radical (unpaired) electrons. The zero-order valence-electron chi connectivity index (χ0n) is 16.7. The first-order chi connectivity index (χ1) is 14.2. The average molecular weight is 390 g/mol. The molecule has 1 aliphatic heterocycles. The van der Waals surface area contributed by atoms with Gasteiger partial charge in [0.2, 0.25) is 5.91 Å². The molecule has 1 aliphatic rings. The summed E-state index contributed by atoms with van der Waals surface area (Å²) < 4.78 is 7.47. The first-order valence-corrected chi connectivity index (χ1v) is 10.2. The van der Waals surface area contributed by atoms with Gasteiger partial charge in [0.05, 0.1) is 18.8 Å². The number of ether oxygens (including phenoxy) is 1. The number of benzene rings is 2. The van der Waals surface area contributed by atoms with Crippen LogP contribution in [0.3, 0.4) is 0 Å². The third-order valence-electron chi connectivity index (χ3n) is 5.19. The summed E-state index contributed by atoms with van der Waals surface area (Å²) in [5.41, 5.74) is 3.07. The standard InChI is InChI=1S/C23H26N4O2/c1-2-14-29-21-11-8-18(9-12-21)10-13-23(28)26-15-20(16-26)27-17-22(24-25-27)19-6-4-3-5-7-19/h3-9,11-12,17,20H,2,10,13-16H2,1H3. The Hall–Kier alpha value is -3.15. The van der Waals surface area contributed by atoms with Gasteiger partial charge in [0.1, 0.15) is 11.4 Å². The topological polar surface area (TPSA) is 60.2 Å². The van der Waals surface area contributed by atoms with Crippen molar-refractivity contribution in [3.05, 3.63) is 66.4 Å². The fraction of sp³-hybridized carbons (Fsp3) is 0.348. The summed E-state index contributed by atoms with van der Waals surface area (Å²) in [6.45, 7) is 4.21.